The smallest absolute Gasteiger partial charge is 0.175 e. The molecule has 1 fully saturated rings. The van der Waals surface area contributed by atoms with Crippen LogP contribution in [0.15, 0.2) is 22.7 Å². The minimum absolute atomic E-state index is 0.202. The Hall–Kier alpha value is -1.55. The highest BCUT2D eigenvalue weighted by Crippen LogP contribution is 2.39. The molecule has 112 valence electrons. The summed E-state index contributed by atoms with van der Waals surface area (Å²) >= 11 is 6.14. The molecule has 1 aromatic carbocycles. The monoisotopic (exact) mass is 308 g/mol. The first-order valence-electron chi connectivity index (χ1n) is 7.35. The van der Waals surface area contributed by atoms with Crippen LogP contribution in [0.3, 0.4) is 0 Å². The molecule has 0 unspecified atom stereocenters. The summed E-state index contributed by atoms with van der Waals surface area (Å²) in [7, 11) is 0. The molecule has 2 N–H and O–H groups in total. The van der Waals surface area contributed by atoms with Gasteiger partial charge in [0.1, 0.15) is 11.6 Å². The molecule has 3 rings (SSSR count). The molecule has 0 radical (unpaired) electrons. The Morgan fingerprint density at radius 2 is 2.00 bits per heavy atom. The number of anilines is 1. The van der Waals surface area contributed by atoms with Gasteiger partial charge in [0.15, 0.2) is 5.82 Å². The molecule has 0 spiro atoms. The molecule has 1 aliphatic rings. The van der Waals surface area contributed by atoms with E-state index in [-0.39, 0.29) is 5.82 Å². The lowest BCUT2D eigenvalue weighted by atomic mass is 9.85. The van der Waals surface area contributed by atoms with Crippen molar-refractivity contribution in [2.45, 2.75) is 38.5 Å². The van der Waals surface area contributed by atoms with E-state index in [0.29, 0.717) is 27.8 Å². The van der Waals surface area contributed by atoms with Gasteiger partial charge in [0.05, 0.1) is 10.6 Å². The first-order chi connectivity index (χ1) is 10.2. The number of nitrogens with zero attached hydrogens (tertiary/aromatic N) is 1. The van der Waals surface area contributed by atoms with Gasteiger partial charge in [-0.2, -0.15) is 0 Å². The highest BCUT2D eigenvalue weighted by atomic mass is 35.5. The highest BCUT2D eigenvalue weighted by molar-refractivity contribution is 6.33. The summed E-state index contributed by atoms with van der Waals surface area (Å²) in [4.78, 5) is 0. The standard InChI is InChI=1S/C16H18ClFN2O/c17-11-7-4-8-12(18)14(11)15-13(21-20-16(15)19)9-10-5-2-1-3-6-10/h4,7-8,10H,1-3,5-6,9H2,(H2,19,20). The summed E-state index contributed by atoms with van der Waals surface area (Å²) in [5.41, 5.74) is 6.70. The molecular formula is C16H18ClFN2O. The number of nitrogen functional groups attached to an aromatic ring is 1. The van der Waals surface area contributed by atoms with Crippen molar-refractivity contribution in [1.82, 2.24) is 5.16 Å². The normalized spacial score (nSPS) is 16.3. The minimum atomic E-state index is -0.401. The van der Waals surface area contributed by atoms with E-state index in [0.717, 1.165) is 6.42 Å². The van der Waals surface area contributed by atoms with Crippen LogP contribution in [0.2, 0.25) is 5.02 Å². The summed E-state index contributed by atoms with van der Waals surface area (Å²) in [6.45, 7) is 0. The van der Waals surface area contributed by atoms with E-state index in [1.165, 1.54) is 38.2 Å². The number of hydrogen-bond acceptors (Lipinski definition) is 3. The maximum Gasteiger partial charge on any atom is 0.175 e. The number of nitrogens with two attached hydrogens (primary N) is 1. The Kier molecular flexibility index (Phi) is 4.15. The van der Waals surface area contributed by atoms with Gasteiger partial charge in [-0.15, -0.1) is 0 Å². The van der Waals surface area contributed by atoms with Crippen LogP contribution in [-0.2, 0) is 6.42 Å². The number of aromatic nitrogens is 1. The van der Waals surface area contributed by atoms with Crippen molar-refractivity contribution >= 4 is 17.4 Å². The fourth-order valence-corrected chi connectivity index (χ4v) is 3.39. The Bertz CT molecular complexity index is 615. The molecule has 0 saturated heterocycles. The van der Waals surface area contributed by atoms with Crippen LogP contribution in [0.4, 0.5) is 10.2 Å². The lowest BCUT2D eigenvalue weighted by molar-refractivity contribution is 0.311. The second-order valence-corrected chi connectivity index (χ2v) is 6.08. The van der Waals surface area contributed by atoms with Gasteiger partial charge in [0.25, 0.3) is 0 Å². The molecule has 2 aromatic rings. The summed E-state index contributed by atoms with van der Waals surface area (Å²) in [5.74, 6) is 0.997. The number of rotatable bonds is 3. The molecule has 3 nitrogen and oxygen atoms in total. The van der Waals surface area contributed by atoms with Crippen molar-refractivity contribution in [3.05, 3.63) is 34.8 Å². The van der Waals surface area contributed by atoms with Gasteiger partial charge in [0, 0.05) is 12.0 Å². The summed E-state index contributed by atoms with van der Waals surface area (Å²) in [6.07, 6.45) is 6.86. The third kappa shape index (κ3) is 2.91. The predicted molar refractivity (Wildman–Crippen MR) is 81.6 cm³/mol. The van der Waals surface area contributed by atoms with Gasteiger partial charge in [-0.05, 0) is 18.1 Å². The largest absolute Gasteiger partial charge is 0.380 e. The zero-order valence-corrected chi connectivity index (χ0v) is 12.5. The number of hydrogen-bond donors (Lipinski definition) is 1. The van der Waals surface area contributed by atoms with Crippen LogP contribution < -0.4 is 5.73 Å². The molecule has 0 amide bonds. The molecule has 1 aromatic heterocycles. The number of halogens is 2. The van der Waals surface area contributed by atoms with Crippen molar-refractivity contribution < 1.29 is 8.91 Å². The SMILES string of the molecule is Nc1noc(CC2CCCCC2)c1-c1c(F)cccc1Cl. The minimum Gasteiger partial charge on any atom is -0.380 e. The van der Waals surface area contributed by atoms with E-state index in [4.69, 9.17) is 21.9 Å². The maximum atomic E-state index is 14.1. The van der Waals surface area contributed by atoms with E-state index in [9.17, 15) is 4.39 Å². The summed E-state index contributed by atoms with van der Waals surface area (Å²) in [5, 5.41) is 4.15. The Balaban J connectivity index is 1.97. The molecule has 1 heterocycles. The molecule has 1 saturated carbocycles. The maximum absolute atomic E-state index is 14.1. The molecule has 0 bridgehead atoms. The van der Waals surface area contributed by atoms with Crippen molar-refractivity contribution in [3.63, 3.8) is 0 Å². The van der Waals surface area contributed by atoms with E-state index in [2.05, 4.69) is 5.16 Å². The summed E-state index contributed by atoms with van der Waals surface area (Å²) in [6, 6.07) is 4.60. The van der Waals surface area contributed by atoms with Crippen molar-refractivity contribution in [2.75, 3.05) is 5.73 Å². The Morgan fingerprint density at radius 3 is 2.71 bits per heavy atom. The van der Waals surface area contributed by atoms with E-state index < -0.39 is 5.82 Å². The molecular weight excluding hydrogens is 291 g/mol. The van der Waals surface area contributed by atoms with Gasteiger partial charge < -0.3 is 10.3 Å². The molecule has 21 heavy (non-hydrogen) atoms. The van der Waals surface area contributed by atoms with E-state index >= 15 is 0 Å². The van der Waals surface area contributed by atoms with Gasteiger partial charge >= 0.3 is 0 Å². The fraction of sp³-hybridized carbons (Fsp3) is 0.438. The second kappa shape index (κ2) is 6.06. The third-order valence-electron chi connectivity index (χ3n) is 4.20. The first kappa shape index (κ1) is 14.4. The van der Waals surface area contributed by atoms with Crippen LogP contribution in [0.25, 0.3) is 11.1 Å². The van der Waals surface area contributed by atoms with Crippen LogP contribution >= 0.6 is 11.6 Å². The van der Waals surface area contributed by atoms with Crippen LogP contribution in [0.1, 0.15) is 37.9 Å². The average Bonchev–Trinajstić information content (AvgIpc) is 2.82. The zero-order valence-electron chi connectivity index (χ0n) is 11.7. The Morgan fingerprint density at radius 1 is 1.24 bits per heavy atom. The van der Waals surface area contributed by atoms with Crippen molar-refractivity contribution in [1.29, 1.82) is 0 Å². The van der Waals surface area contributed by atoms with Crippen molar-refractivity contribution in [3.8, 4) is 11.1 Å². The van der Waals surface area contributed by atoms with Crippen LogP contribution in [0, 0.1) is 11.7 Å². The topological polar surface area (TPSA) is 52.0 Å². The van der Waals surface area contributed by atoms with Crippen LogP contribution in [-0.4, -0.2) is 5.16 Å². The second-order valence-electron chi connectivity index (χ2n) is 5.67. The fourth-order valence-electron chi connectivity index (χ4n) is 3.14. The van der Waals surface area contributed by atoms with E-state index in [1.54, 1.807) is 12.1 Å². The third-order valence-corrected chi connectivity index (χ3v) is 4.52. The first-order valence-corrected chi connectivity index (χ1v) is 7.73. The van der Waals surface area contributed by atoms with Gasteiger partial charge in [0.2, 0.25) is 0 Å². The zero-order chi connectivity index (χ0) is 14.8. The molecule has 1 aliphatic carbocycles. The van der Waals surface area contributed by atoms with Gasteiger partial charge in [-0.3, -0.25) is 0 Å². The quantitative estimate of drug-likeness (QED) is 0.882. The predicted octanol–water partition coefficient (Wildman–Crippen LogP) is 4.84. The highest BCUT2D eigenvalue weighted by Gasteiger charge is 2.24. The van der Waals surface area contributed by atoms with Gasteiger partial charge in [-0.1, -0.05) is 54.9 Å². The lowest BCUT2D eigenvalue weighted by Crippen LogP contribution is -2.09. The lowest BCUT2D eigenvalue weighted by Gasteiger charge is -2.20. The Labute approximate surface area is 128 Å². The molecule has 0 atom stereocenters. The molecule has 5 heteroatoms. The average molecular weight is 309 g/mol. The van der Waals surface area contributed by atoms with E-state index in [1.807, 2.05) is 0 Å². The number of benzene rings is 1. The van der Waals surface area contributed by atoms with Gasteiger partial charge in [-0.25, -0.2) is 4.39 Å². The summed E-state index contributed by atoms with van der Waals surface area (Å²) < 4.78 is 19.5. The van der Waals surface area contributed by atoms with Crippen LogP contribution in [0.5, 0.6) is 0 Å². The van der Waals surface area contributed by atoms with Crippen molar-refractivity contribution in [2.24, 2.45) is 5.92 Å². The molecule has 0 aliphatic heterocycles.